The van der Waals surface area contributed by atoms with Crippen molar-refractivity contribution in [1.29, 1.82) is 0 Å². The molecule has 0 aromatic rings. The maximum absolute atomic E-state index is 5.42. The fourth-order valence-corrected chi connectivity index (χ4v) is 2.65. The molecule has 1 aliphatic rings. The number of thioether (sulfide) groups is 1. The van der Waals surface area contributed by atoms with E-state index in [9.17, 15) is 0 Å². The summed E-state index contributed by atoms with van der Waals surface area (Å²) in [6.07, 6.45) is 6.74. The molecule has 0 radical (unpaired) electrons. The summed E-state index contributed by atoms with van der Waals surface area (Å²) in [6.45, 7) is 0. The monoisotopic (exact) mass is 192 g/mol. The highest BCUT2D eigenvalue weighted by Crippen LogP contribution is 2.27. The van der Waals surface area contributed by atoms with Gasteiger partial charge in [-0.05, 0) is 12.8 Å². The van der Waals surface area contributed by atoms with Crippen molar-refractivity contribution < 1.29 is 0 Å². The fourth-order valence-electron chi connectivity index (χ4n) is 1.35. The number of rotatable bonds is 1. The summed E-state index contributed by atoms with van der Waals surface area (Å²) in [5.74, 6) is 0. The Labute approximate surface area is 77.9 Å². The quantitative estimate of drug-likeness (QED) is 0.626. The molecule has 0 atom stereocenters. The van der Waals surface area contributed by atoms with E-state index >= 15 is 0 Å². The highest BCUT2D eigenvalue weighted by Gasteiger charge is 2.13. The van der Waals surface area contributed by atoms with Crippen LogP contribution in [-0.2, 0) is 0 Å². The molecular weight excluding hydrogens is 176 g/mol. The minimum atomic E-state index is 0. The molecule has 1 fully saturated rings. The zero-order chi connectivity index (χ0) is 7.40. The summed E-state index contributed by atoms with van der Waals surface area (Å²) in [6, 6.07) is 0. The zero-order valence-corrected chi connectivity index (χ0v) is 8.35. The predicted octanol–water partition coefficient (Wildman–Crippen LogP) is 2.46. The molecule has 66 valence electrons. The molecule has 0 saturated heterocycles. The third-order valence-corrected chi connectivity index (χ3v) is 3.16. The molecular formula is C7H16N2S2. The van der Waals surface area contributed by atoms with Crippen LogP contribution in [0.1, 0.15) is 32.1 Å². The Morgan fingerprint density at radius 3 is 2.27 bits per heavy atom. The molecule has 0 unspecified atom stereocenters. The zero-order valence-electron chi connectivity index (χ0n) is 6.71. The van der Waals surface area contributed by atoms with Gasteiger partial charge in [-0.1, -0.05) is 43.2 Å². The van der Waals surface area contributed by atoms with Crippen molar-refractivity contribution in [2.24, 2.45) is 5.73 Å². The summed E-state index contributed by atoms with van der Waals surface area (Å²) in [7, 11) is 0. The smallest absolute Gasteiger partial charge is 0.131 e. The predicted molar refractivity (Wildman–Crippen MR) is 56.3 cm³/mol. The van der Waals surface area contributed by atoms with Gasteiger partial charge in [0.25, 0.3) is 0 Å². The van der Waals surface area contributed by atoms with E-state index in [1.54, 1.807) is 11.8 Å². The molecule has 0 aromatic carbocycles. The van der Waals surface area contributed by atoms with Gasteiger partial charge >= 0.3 is 0 Å². The molecule has 11 heavy (non-hydrogen) atoms. The average molecular weight is 192 g/mol. The van der Waals surface area contributed by atoms with Crippen LogP contribution in [0, 0.1) is 0 Å². The minimum absolute atomic E-state index is 0. The normalized spacial score (nSPS) is 18.9. The van der Waals surface area contributed by atoms with E-state index in [1.165, 1.54) is 32.1 Å². The van der Waals surface area contributed by atoms with Crippen LogP contribution >= 0.6 is 24.0 Å². The van der Waals surface area contributed by atoms with E-state index in [2.05, 4.69) is 0 Å². The Hall–Kier alpha value is 0.200. The first-order valence-corrected chi connectivity index (χ1v) is 5.04. The Kier molecular flexibility index (Phi) is 5.91. The fraction of sp³-hybridized carbons (Fsp3) is 0.857. The molecule has 0 spiro atoms. The molecule has 0 aromatic heterocycles. The molecule has 5 N–H and O–H groups in total. The third kappa shape index (κ3) is 4.61. The summed E-state index contributed by atoms with van der Waals surface area (Å²) in [5.41, 5.74) is 5.42. The lowest BCUT2D eigenvalue weighted by atomic mass is 10.0. The van der Waals surface area contributed by atoms with Crippen LogP contribution in [0.3, 0.4) is 0 Å². The molecule has 0 heterocycles. The molecule has 2 nitrogen and oxygen atoms in total. The van der Waals surface area contributed by atoms with Gasteiger partial charge in [0.1, 0.15) is 4.32 Å². The van der Waals surface area contributed by atoms with Crippen molar-refractivity contribution >= 4 is 28.3 Å². The second kappa shape index (κ2) is 5.80. The summed E-state index contributed by atoms with van der Waals surface area (Å²) in [5, 5.41) is 0.728. The topological polar surface area (TPSA) is 61.0 Å². The first-order chi connectivity index (χ1) is 4.79. The maximum Gasteiger partial charge on any atom is 0.131 e. The molecule has 1 rings (SSSR count). The van der Waals surface area contributed by atoms with Crippen LogP contribution in [0.2, 0.25) is 0 Å². The molecule has 1 saturated carbocycles. The van der Waals surface area contributed by atoms with E-state index in [1.807, 2.05) is 0 Å². The Morgan fingerprint density at radius 2 is 1.82 bits per heavy atom. The third-order valence-electron chi connectivity index (χ3n) is 1.84. The summed E-state index contributed by atoms with van der Waals surface area (Å²) < 4.78 is 0.617. The molecule has 4 heteroatoms. The first-order valence-electron chi connectivity index (χ1n) is 3.75. The van der Waals surface area contributed by atoms with Gasteiger partial charge in [-0.25, -0.2) is 0 Å². The van der Waals surface area contributed by atoms with E-state index in [0.29, 0.717) is 4.32 Å². The van der Waals surface area contributed by atoms with Crippen molar-refractivity contribution in [2.75, 3.05) is 0 Å². The lowest BCUT2D eigenvalue weighted by Gasteiger charge is -2.19. The molecule has 0 bridgehead atoms. The second-order valence-electron chi connectivity index (χ2n) is 2.70. The Balaban J connectivity index is 0.000001000. The van der Waals surface area contributed by atoms with Gasteiger partial charge in [-0.15, -0.1) is 0 Å². The van der Waals surface area contributed by atoms with Gasteiger partial charge in [0.2, 0.25) is 0 Å². The molecule has 0 aliphatic heterocycles. The van der Waals surface area contributed by atoms with Crippen LogP contribution in [0.4, 0.5) is 0 Å². The van der Waals surface area contributed by atoms with E-state index in [4.69, 9.17) is 18.0 Å². The Morgan fingerprint density at radius 1 is 1.27 bits per heavy atom. The largest absolute Gasteiger partial charge is 0.385 e. The van der Waals surface area contributed by atoms with Crippen molar-refractivity contribution in [3.63, 3.8) is 0 Å². The maximum atomic E-state index is 5.42. The van der Waals surface area contributed by atoms with E-state index in [-0.39, 0.29) is 6.15 Å². The number of hydrogen-bond donors (Lipinski definition) is 2. The average Bonchev–Trinajstić information content (AvgIpc) is 1.88. The van der Waals surface area contributed by atoms with Crippen LogP contribution in [-0.4, -0.2) is 9.57 Å². The second-order valence-corrected chi connectivity index (χ2v) is 4.74. The van der Waals surface area contributed by atoms with Crippen LogP contribution in [0.15, 0.2) is 0 Å². The van der Waals surface area contributed by atoms with Gasteiger partial charge in [-0.3, -0.25) is 0 Å². The molecule has 1 aliphatic carbocycles. The highest BCUT2D eigenvalue weighted by molar-refractivity contribution is 8.23. The van der Waals surface area contributed by atoms with Crippen molar-refractivity contribution in [2.45, 2.75) is 37.4 Å². The van der Waals surface area contributed by atoms with E-state index in [0.717, 1.165) is 5.25 Å². The lowest BCUT2D eigenvalue weighted by molar-refractivity contribution is 0.517. The number of thiocarbonyl (C=S) groups is 1. The van der Waals surface area contributed by atoms with Gasteiger partial charge in [0, 0.05) is 5.25 Å². The highest BCUT2D eigenvalue weighted by atomic mass is 32.2. The van der Waals surface area contributed by atoms with Crippen molar-refractivity contribution in [1.82, 2.24) is 6.15 Å². The van der Waals surface area contributed by atoms with Gasteiger partial charge in [0.15, 0.2) is 0 Å². The lowest BCUT2D eigenvalue weighted by Crippen LogP contribution is -2.14. The number of nitrogens with two attached hydrogens (primary N) is 1. The standard InChI is InChI=1S/C7H13NS2.H3N/c8-7(9)10-6-4-2-1-3-5-6;/h6H,1-5H2,(H2,8,9);1H3. The van der Waals surface area contributed by atoms with Crippen molar-refractivity contribution in [3.05, 3.63) is 0 Å². The molecule has 0 amide bonds. The summed E-state index contributed by atoms with van der Waals surface area (Å²) >= 11 is 6.50. The van der Waals surface area contributed by atoms with Crippen LogP contribution in [0.25, 0.3) is 0 Å². The van der Waals surface area contributed by atoms with Gasteiger partial charge in [0.05, 0.1) is 0 Å². The van der Waals surface area contributed by atoms with Crippen LogP contribution in [0.5, 0.6) is 0 Å². The summed E-state index contributed by atoms with van der Waals surface area (Å²) in [4.78, 5) is 0. The van der Waals surface area contributed by atoms with E-state index < -0.39 is 0 Å². The first kappa shape index (κ1) is 11.2. The van der Waals surface area contributed by atoms with Gasteiger partial charge < -0.3 is 11.9 Å². The Bertz CT molecular complexity index is 122. The minimum Gasteiger partial charge on any atom is -0.385 e. The van der Waals surface area contributed by atoms with Gasteiger partial charge in [-0.2, -0.15) is 0 Å². The van der Waals surface area contributed by atoms with Crippen molar-refractivity contribution in [3.8, 4) is 0 Å². The number of hydrogen-bond acceptors (Lipinski definition) is 3. The SMILES string of the molecule is N.NC(=S)SC1CCCCC1. The van der Waals surface area contributed by atoms with Crippen LogP contribution < -0.4 is 11.9 Å².